The molecule has 0 bridgehead atoms. The fourth-order valence-electron chi connectivity index (χ4n) is 2.12. The van der Waals surface area contributed by atoms with Gasteiger partial charge in [-0.1, -0.05) is 13.8 Å². The lowest BCUT2D eigenvalue weighted by atomic mass is 9.85. The van der Waals surface area contributed by atoms with Crippen LogP contribution in [0.5, 0.6) is 0 Å². The Kier molecular flexibility index (Phi) is 9.03. The summed E-state index contributed by atoms with van der Waals surface area (Å²) in [7, 11) is 0. The van der Waals surface area contributed by atoms with E-state index in [0.29, 0.717) is 19.3 Å². The van der Waals surface area contributed by atoms with Crippen LogP contribution in [0.3, 0.4) is 0 Å². The van der Waals surface area contributed by atoms with Gasteiger partial charge in [-0.25, -0.2) is 8.78 Å². The Balaban J connectivity index is 4.77. The molecular weight excluding hydrogens is 290 g/mol. The summed E-state index contributed by atoms with van der Waals surface area (Å²) in [4.78, 5) is 0. The molecule has 3 nitrogen and oxygen atoms in total. The summed E-state index contributed by atoms with van der Waals surface area (Å²) >= 11 is 0. The van der Waals surface area contributed by atoms with Crippen LogP contribution < -0.4 is 0 Å². The molecule has 0 aromatic heterocycles. The Bertz CT molecular complexity index is 310. The third-order valence-corrected chi connectivity index (χ3v) is 4.79. The van der Waals surface area contributed by atoms with Gasteiger partial charge in [0.1, 0.15) is 5.60 Å². The predicted molar refractivity (Wildman–Crippen MR) is 85.7 cm³/mol. The fourth-order valence-corrected chi connectivity index (χ4v) is 2.12. The van der Waals surface area contributed by atoms with E-state index in [1.165, 1.54) is 13.8 Å². The Morgan fingerprint density at radius 3 is 2.09 bits per heavy atom. The second-order valence-electron chi connectivity index (χ2n) is 6.77. The van der Waals surface area contributed by atoms with Crippen LogP contribution >= 0.6 is 0 Å². The van der Waals surface area contributed by atoms with E-state index in [0.717, 1.165) is 0 Å². The third-order valence-electron chi connectivity index (χ3n) is 4.79. The van der Waals surface area contributed by atoms with Crippen molar-refractivity contribution < 1.29 is 23.4 Å². The number of hydrogen-bond donors (Lipinski definition) is 1. The largest absolute Gasteiger partial charge is 0.396 e. The molecule has 0 spiro atoms. The second-order valence-corrected chi connectivity index (χ2v) is 6.77. The Hall–Kier alpha value is -0.260. The first-order valence-corrected chi connectivity index (χ1v) is 8.27. The molecule has 22 heavy (non-hydrogen) atoms. The molecule has 0 fully saturated rings. The standard InChI is InChI=1S/C17H34F2O3/c1-7-15(4,10-11-20)22-13-16(5,19)17(6,8-2)21-12-9-14(3)18/h14,20H,7-13H2,1-6H3. The highest BCUT2D eigenvalue weighted by Gasteiger charge is 2.46. The zero-order valence-corrected chi connectivity index (χ0v) is 15.0. The van der Waals surface area contributed by atoms with Gasteiger partial charge in [0.15, 0.2) is 5.67 Å². The Labute approximate surface area is 134 Å². The molecule has 0 aliphatic rings. The summed E-state index contributed by atoms with van der Waals surface area (Å²) in [6, 6.07) is 0. The molecule has 4 atom stereocenters. The number of rotatable bonds is 12. The predicted octanol–water partition coefficient (Wildman–Crippen LogP) is 4.22. The lowest BCUT2D eigenvalue weighted by Gasteiger charge is -2.42. The van der Waals surface area contributed by atoms with Crippen LogP contribution in [0.4, 0.5) is 8.78 Å². The van der Waals surface area contributed by atoms with Crippen LogP contribution in [0.15, 0.2) is 0 Å². The van der Waals surface area contributed by atoms with Crippen molar-refractivity contribution in [2.45, 2.75) is 90.3 Å². The normalized spacial score (nSPS) is 21.7. The molecule has 0 saturated carbocycles. The average molecular weight is 324 g/mol. The van der Waals surface area contributed by atoms with E-state index in [2.05, 4.69) is 0 Å². The zero-order valence-electron chi connectivity index (χ0n) is 15.0. The molecule has 0 rings (SSSR count). The third kappa shape index (κ3) is 6.47. The van der Waals surface area contributed by atoms with Crippen molar-refractivity contribution in [3.8, 4) is 0 Å². The summed E-state index contributed by atoms with van der Waals surface area (Å²) in [5.74, 6) is 0. The lowest BCUT2D eigenvalue weighted by molar-refractivity contribution is -0.180. The van der Waals surface area contributed by atoms with E-state index in [1.807, 2.05) is 20.8 Å². The molecule has 0 aliphatic heterocycles. The SMILES string of the molecule is CCC(C)(CCO)OCC(C)(F)C(C)(CC)OCCC(C)F. The molecule has 0 saturated heterocycles. The molecule has 134 valence electrons. The van der Waals surface area contributed by atoms with Gasteiger partial charge in [-0.3, -0.25) is 0 Å². The van der Waals surface area contributed by atoms with Crippen molar-refractivity contribution in [1.29, 1.82) is 0 Å². The average Bonchev–Trinajstić information content (AvgIpc) is 2.45. The van der Waals surface area contributed by atoms with Gasteiger partial charge >= 0.3 is 0 Å². The van der Waals surface area contributed by atoms with Gasteiger partial charge in [0.25, 0.3) is 0 Å². The van der Waals surface area contributed by atoms with Gasteiger partial charge in [-0.15, -0.1) is 0 Å². The summed E-state index contributed by atoms with van der Waals surface area (Å²) in [6.07, 6.45) is 0.905. The van der Waals surface area contributed by atoms with Gasteiger partial charge in [0, 0.05) is 13.0 Å². The van der Waals surface area contributed by atoms with Crippen molar-refractivity contribution >= 4 is 0 Å². The highest BCUT2D eigenvalue weighted by Crippen LogP contribution is 2.35. The molecule has 0 aromatic carbocycles. The summed E-state index contributed by atoms with van der Waals surface area (Å²) in [5.41, 5.74) is -3.28. The van der Waals surface area contributed by atoms with Crippen molar-refractivity contribution in [1.82, 2.24) is 0 Å². The first kappa shape index (κ1) is 21.7. The topological polar surface area (TPSA) is 38.7 Å². The van der Waals surface area contributed by atoms with Crippen LogP contribution in [0, 0.1) is 0 Å². The molecule has 0 aliphatic carbocycles. The maximum atomic E-state index is 15.2. The molecular formula is C17H34F2O3. The van der Waals surface area contributed by atoms with E-state index in [-0.39, 0.29) is 26.2 Å². The van der Waals surface area contributed by atoms with E-state index in [9.17, 15) is 4.39 Å². The minimum Gasteiger partial charge on any atom is -0.396 e. The minimum atomic E-state index is -1.70. The van der Waals surface area contributed by atoms with Crippen molar-refractivity contribution in [2.24, 2.45) is 0 Å². The minimum absolute atomic E-state index is 0.00325. The quantitative estimate of drug-likeness (QED) is 0.584. The number of ether oxygens (including phenoxy) is 2. The van der Waals surface area contributed by atoms with Gasteiger partial charge < -0.3 is 14.6 Å². The number of alkyl halides is 2. The van der Waals surface area contributed by atoms with Crippen LogP contribution in [-0.2, 0) is 9.47 Å². The Morgan fingerprint density at radius 1 is 1.09 bits per heavy atom. The molecule has 0 radical (unpaired) electrons. The second kappa shape index (κ2) is 9.14. The molecule has 0 aromatic rings. The molecule has 4 unspecified atom stereocenters. The van der Waals surface area contributed by atoms with Gasteiger partial charge in [-0.05, 0) is 47.0 Å². The van der Waals surface area contributed by atoms with Crippen molar-refractivity contribution in [2.75, 3.05) is 19.8 Å². The number of hydrogen-bond acceptors (Lipinski definition) is 3. The van der Waals surface area contributed by atoms with E-state index >= 15 is 4.39 Å². The smallest absolute Gasteiger partial charge is 0.159 e. The number of aliphatic hydroxyl groups excluding tert-OH is 1. The van der Waals surface area contributed by atoms with Gasteiger partial charge in [0.05, 0.1) is 25.0 Å². The van der Waals surface area contributed by atoms with Crippen LogP contribution in [0.2, 0.25) is 0 Å². The van der Waals surface area contributed by atoms with E-state index in [4.69, 9.17) is 14.6 Å². The lowest BCUT2D eigenvalue weighted by Crippen LogP contribution is -2.53. The van der Waals surface area contributed by atoms with Crippen LogP contribution in [0.1, 0.15) is 67.2 Å². The van der Waals surface area contributed by atoms with Gasteiger partial charge in [0.2, 0.25) is 0 Å². The molecule has 0 amide bonds. The van der Waals surface area contributed by atoms with Crippen molar-refractivity contribution in [3.05, 3.63) is 0 Å². The molecule has 1 N–H and O–H groups in total. The zero-order chi connectivity index (χ0) is 17.4. The van der Waals surface area contributed by atoms with Crippen LogP contribution in [-0.4, -0.2) is 48.0 Å². The van der Waals surface area contributed by atoms with E-state index in [1.54, 1.807) is 6.92 Å². The van der Waals surface area contributed by atoms with E-state index < -0.39 is 23.0 Å². The van der Waals surface area contributed by atoms with Crippen LogP contribution in [0.25, 0.3) is 0 Å². The summed E-state index contributed by atoms with van der Waals surface area (Å²) in [5, 5.41) is 9.10. The highest BCUT2D eigenvalue weighted by atomic mass is 19.1. The number of aliphatic hydroxyl groups is 1. The number of halogens is 2. The van der Waals surface area contributed by atoms with Gasteiger partial charge in [-0.2, -0.15) is 0 Å². The Morgan fingerprint density at radius 2 is 1.68 bits per heavy atom. The first-order chi connectivity index (χ1) is 10.1. The molecule has 0 heterocycles. The highest BCUT2D eigenvalue weighted by molar-refractivity contribution is 4.95. The fraction of sp³-hybridized carbons (Fsp3) is 1.00. The summed E-state index contributed by atoms with van der Waals surface area (Å²) in [6.45, 7) is 10.4. The maximum Gasteiger partial charge on any atom is 0.159 e. The summed E-state index contributed by atoms with van der Waals surface area (Å²) < 4.78 is 39.5. The first-order valence-electron chi connectivity index (χ1n) is 8.27. The maximum absolute atomic E-state index is 15.2. The van der Waals surface area contributed by atoms with Crippen molar-refractivity contribution in [3.63, 3.8) is 0 Å². The monoisotopic (exact) mass is 324 g/mol. The molecule has 5 heteroatoms.